The molecule has 33 heavy (non-hydrogen) atoms. The van der Waals surface area contributed by atoms with E-state index >= 15 is 0 Å². The molecule has 1 amide bonds. The normalized spacial score (nSPS) is 26.1. The average Bonchev–Trinajstić information content (AvgIpc) is 3.19. The van der Waals surface area contributed by atoms with Crippen molar-refractivity contribution in [3.05, 3.63) is 35.9 Å². The first-order valence-electron chi connectivity index (χ1n) is 11.3. The summed E-state index contributed by atoms with van der Waals surface area (Å²) in [4.78, 5) is 30.1. The Kier molecular flexibility index (Phi) is 7.69. The number of hydrogen-bond acceptors (Lipinski definition) is 6. The van der Waals surface area contributed by atoms with Gasteiger partial charge in [0.15, 0.2) is 0 Å². The lowest BCUT2D eigenvalue weighted by Gasteiger charge is -2.32. The highest BCUT2D eigenvalue weighted by Crippen LogP contribution is 2.39. The fourth-order valence-corrected chi connectivity index (χ4v) is 4.40. The van der Waals surface area contributed by atoms with Crippen molar-refractivity contribution in [2.24, 2.45) is 11.1 Å². The van der Waals surface area contributed by atoms with E-state index in [9.17, 15) is 19.8 Å². The van der Waals surface area contributed by atoms with Crippen LogP contribution in [0, 0.1) is 5.92 Å². The van der Waals surface area contributed by atoms with Crippen molar-refractivity contribution >= 4 is 25.4 Å². The predicted molar refractivity (Wildman–Crippen MR) is 123 cm³/mol. The van der Waals surface area contributed by atoms with Gasteiger partial charge in [-0.1, -0.05) is 41.9 Å². The van der Waals surface area contributed by atoms with E-state index in [0.717, 1.165) is 10.5 Å². The Labute approximate surface area is 194 Å². The molecule has 1 unspecified atom stereocenters. The average molecular weight is 460 g/mol. The molecule has 2 aliphatic rings. The van der Waals surface area contributed by atoms with Crippen molar-refractivity contribution in [3.63, 3.8) is 0 Å². The molecule has 0 spiro atoms. The van der Waals surface area contributed by atoms with Gasteiger partial charge in [0.1, 0.15) is 12.6 Å². The van der Waals surface area contributed by atoms with Crippen LogP contribution in [-0.2, 0) is 25.5 Å². The first-order valence-corrected chi connectivity index (χ1v) is 11.3. The second-order valence-corrected chi connectivity index (χ2v) is 9.67. The van der Waals surface area contributed by atoms with Gasteiger partial charge in [-0.15, -0.1) is 0 Å². The van der Waals surface area contributed by atoms with Gasteiger partial charge in [-0.25, -0.2) is 9.59 Å². The van der Waals surface area contributed by atoms with Crippen molar-refractivity contribution < 1.29 is 33.9 Å². The second-order valence-electron chi connectivity index (χ2n) is 9.67. The summed E-state index contributed by atoms with van der Waals surface area (Å²) in [6, 6.07) is 7.66. The summed E-state index contributed by atoms with van der Waals surface area (Å²) < 4.78 is 12.0. The maximum atomic E-state index is 11.9. The topological polar surface area (TPSA) is 118 Å². The summed E-state index contributed by atoms with van der Waals surface area (Å²) in [5, 5.41) is 23.4. The van der Waals surface area contributed by atoms with Crippen LogP contribution in [0.15, 0.2) is 35.5 Å². The number of carboxylic acid groups (broad SMARTS) is 2. The van der Waals surface area contributed by atoms with E-state index in [4.69, 9.17) is 14.1 Å². The SMILES string of the molecule is CC1(C)OB(CCC[C@@H]2CC(C=NOCc3ccccc3)N(C(=O)O)[C@@H]2C(=O)O)OC1(C)C. The van der Waals surface area contributed by atoms with Crippen LogP contribution in [0.3, 0.4) is 0 Å². The van der Waals surface area contributed by atoms with Crippen LogP contribution >= 0.6 is 0 Å². The molecular formula is C23H33BN2O7. The number of oxime groups is 1. The highest BCUT2D eigenvalue weighted by atomic mass is 16.7. The number of rotatable bonds is 9. The van der Waals surface area contributed by atoms with Gasteiger partial charge in [0, 0.05) is 0 Å². The first-order chi connectivity index (χ1) is 15.5. The number of amides is 1. The lowest BCUT2D eigenvalue weighted by molar-refractivity contribution is -0.143. The van der Waals surface area contributed by atoms with Gasteiger partial charge >= 0.3 is 19.2 Å². The van der Waals surface area contributed by atoms with Crippen LogP contribution in [0.1, 0.15) is 52.5 Å². The molecule has 3 rings (SSSR count). The third kappa shape index (κ3) is 5.86. The van der Waals surface area contributed by atoms with E-state index in [1.807, 2.05) is 58.0 Å². The lowest BCUT2D eigenvalue weighted by Crippen LogP contribution is -2.46. The minimum absolute atomic E-state index is 0.247. The van der Waals surface area contributed by atoms with E-state index < -0.39 is 35.3 Å². The van der Waals surface area contributed by atoms with Crippen molar-refractivity contribution in [1.29, 1.82) is 0 Å². The van der Waals surface area contributed by atoms with Crippen LogP contribution in [0.4, 0.5) is 4.79 Å². The molecule has 0 saturated carbocycles. The van der Waals surface area contributed by atoms with Gasteiger partial charge < -0.3 is 24.4 Å². The van der Waals surface area contributed by atoms with Gasteiger partial charge in [-0.2, -0.15) is 0 Å². The van der Waals surface area contributed by atoms with Crippen molar-refractivity contribution in [2.75, 3.05) is 0 Å². The fraction of sp³-hybridized carbons (Fsp3) is 0.609. The molecule has 2 fully saturated rings. The lowest BCUT2D eigenvalue weighted by atomic mass is 9.80. The number of carboxylic acids is 1. The van der Waals surface area contributed by atoms with Crippen LogP contribution in [0.5, 0.6) is 0 Å². The molecule has 0 bridgehead atoms. The number of aliphatic carboxylic acids is 1. The van der Waals surface area contributed by atoms with Crippen LogP contribution in [-0.4, -0.2) is 63.8 Å². The zero-order valence-corrected chi connectivity index (χ0v) is 19.6. The maximum Gasteiger partial charge on any atom is 0.457 e. The molecule has 0 aromatic heterocycles. The number of carbonyl (C=O) groups is 2. The van der Waals surface area contributed by atoms with E-state index in [0.29, 0.717) is 25.6 Å². The van der Waals surface area contributed by atoms with Crippen LogP contribution in [0.25, 0.3) is 0 Å². The molecule has 9 nitrogen and oxygen atoms in total. The first kappa shape index (κ1) is 25.0. The molecule has 1 aromatic carbocycles. The largest absolute Gasteiger partial charge is 0.480 e. The van der Waals surface area contributed by atoms with Crippen molar-refractivity contribution in [2.45, 2.75) is 83.2 Å². The molecule has 2 heterocycles. The smallest absolute Gasteiger partial charge is 0.457 e. The molecule has 2 saturated heterocycles. The standard InChI is InChI=1S/C23H33BN2O7/c1-22(2)23(3,4)33-24(32-22)12-8-11-17-13-18(26(21(29)30)19(17)20(27)28)14-25-31-15-16-9-6-5-7-10-16/h5-7,9-10,14,17-19H,8,11-13,15H2,1-4H3,(H,27,28)(H,29,30)/t17-,18?,19+/m1/s1. The van der Waals surface area contributed by atoms with E-state index in [1.54, 1.807) is 0 Å². The van der Waals surface area contributed by atoms with Gasteiger partial charge in [0.25, 0.3) is 0 Å². The van der Waals surface area contributed by atoms with Gasteiger partial charge in [0.05, 0.1) is 23.5 Å². The molecular weight excluding hydrogens is 427 g/mol. The van der Waals surface area contributed by atoms with Crippen molar-refractivity contribution in [1.82, 2.24) is 4.90 Å². The third-order valence-corrected chi connectivity index (χ3v) is 6.82. The summed E-state index contributed by atoms with van der Waals surface area (Å²) in [6.07, 6.45) is 2.29. The third-order valence-electron chi connectivity index (χ3n) is 6.82. The molecule has 180 valence electrons. The summed E-state index contributed by atoms with van der Waals surface area (Å²) >= 11 is 0. The predicted octanol–water partition coefficient (Wildman–Crippen LogP) is 3.88. The van der Waals surface area contributed by atoms with E-state index in [2.05, 4.69) is 5.16 Å². The molecule has 1 aromatic rings. The minimum Gasteiger partial charge on any atom is -0.480 e. The monoisotopic (exact) mass is 460 g/mol. The molecule has 2 aliphatic heterocycles. The summed E-state index contributed by atoms with van der Waals surface area (Å²) in [5.41, 5.74) is 0.0895. The summed E-state index contributed by atoms with van der Waals surface area (Å²) in [5.74, 6) is -1.49. The highest BCUT2D eigenvalue weighted by Gasteiger charge is 2.51. The molecule has 10 heteroatoms. The molecule has 0 aliphatic carbocycles. The number of benzene rings is 1. The highest BCUT2D eigenvalue weighted by molar-refractivity contribution is 6.45. The Bertz CT molecular complexity index is 846. The van der Waals surface area contributed by atoms with Gasteiger partial charge in [-0.05, 0) is 58.3 Å². The van der Waals surface area contributed by atoms with Crippen LogP contribution in [0.2, 0.25) is 6.32 Å². The van der Waals surface area contributed by atoms with E-state index in [-0.39, 0.29) is 19.6 Å². The zero-order chi connectivity index (χ0) is 24.2. The molecule has 2 N–H and O–H groups in total. The van der Waals surface area contributed by atoms with Crippen LogP contribution < -0.4 is 0 Å². The Hall–Kier alpha value is -2.59. The van der Waals surface area contributed by atoms with E-state index in [1.165, 1.54) is 6.21 Å². The summed E-state index contributed by atoms with van der Waals surface area (Å²) in [7, 11) is -0.362. The number of nitrogens with zero attached hydrogens (tertiary/aromatic N) is 2. The minimum atomic E-state index is -1.28. The summed E-state index contributed by atoms with van der Waals surface area (Å²) in [6.45, 7) is 8.19. The quantitative estimate of drug-likeness (QED) is 0.326. The maximum absolute atomic E-state index is 11.9. The molecule has 0 radical (unpaired) electrons. The Morgan fingerprint density at radius 3 is 2.39 bits per heavy atom. The number of hydrogen-bond donors (Lipinski definition) is 2. The Balaban J connectivity index is 1.58. The Morgan fingerprint density at radius 1 is 1.18 bits per heavy atom. The fourth-order valence-electron chi connectivity index (χ4n) is 4.40. The second kappa shape index (κ2) is 10.1. The number of likely N-dealkylation sites (tertiary alicyclic amines) is 1. The zero-order valence-electron chi connectivity index (χ0n) is 19.6. The molecule has 3 atom stereocenters. The van der Waals surface area contributed by atoms with Crippen molar-refractivity contribution in [3.8, 4) is 0 Å². The Morgan fingerprint density at radius 2 is 1.82 bits per heavy atom. The van der Waals surface area contributed by atoms with Gasteiger partial charge in [0.2, 0.25) is 0 Å². The van der Waals surface area contributed by atoms with Gasteiger partial charge in [-0.3, -0.25) is 4.90 Å².